The Balaban J connectivity index is 1.46. The number of nitrogens with zero attached hydrogens (tertiary/aromatic N) is 2. The molecule has 4 rings (SSSR count). The maximum Gasteiger partial charge on any atom is 0.262 e. The van der Waals surface area contributed by atoms with Crippen LogP contribution in [0.3, 0.4) is 0 Å². The standard InChI is InChI=1S/C18H17N3O3S/c22-18(11-24-14-4-2-1-3-5-14)19-13-6-7-16-15(10-13)20-17-12-25(23)9-8-21(16)17/h1-7,10H,8-9,11-12H2,(H,19,22). The van der Waals surface area contributed by atoms with Crippen molar-refractivity contribution >= 4 is 33.4 Å². The lowest BCUT2D eigenvalue weighted by atomic mass is 10.2. The van der Waals surface area contributed by atoms with Gasteiger partial charge in [0.1, 0.15) is 11.6 Å². The number of aromatic nitrogens is 2. The fourth-order valence-electron chi connectivity index (χ4n) is 2.89. The maximum absolute atomic E-state index is 12.1. The highest BCUT2D eigenvalue weighted by molar-refractivity contribution is 7.84. The maximum atomic E-state index is 12.1. The zero-order valence-electron chi connectivity index (χ0n) is 13.5. The smallest absolute Gasteiger partial charge is 0.262 e. The molecule has 3 aromatic rings. The summed E-state index contributed by atoms with van der Waals surface area (Å²) in [5.41, 5.74) is 2.48. The lowest BCUT2D eigenvalue weighted by Crippen LogP contribution is -2.20. The van der Waals surface area contributed by atoms with Crippen molar-refractivity contribution in [1.82, 2.24) is 9.55 Å². The summed E-state index contributed by atoms with van der Waals surface area (Å²) >= 11 is 0. The molecule has 1 amide bonds. The van der Waals surface area contributed by atoms with E-state index >= 15 is 0 Å². The fraction of sp³-hybridized carbons (Fsp3) is 0.222. The van der Waals surface area contributed by atoms with Crippen molar-refractivity contribution in [2.24, 2.45) is 0 Å². The minimum atomic E-state index is -0.833. The number of rotatable bonds is 4. The van der Waals surface area contributed by atoms with Gasteiger partial charge in [0.2, 0.25) is 0 Å². The average molecular weight is 355 g/mol. The first-order valence-electron chi connectivity index (χ1n) is 8.01. The number of carbonyl (C=O) groups excluding carboxylic acids is 1. The zero-order chi connectivity index (χ0) is 17.2. The Morgan fingerprint density at radius 1 is 1.24 bits per heavy atom. The quantitative estimate of drug-likeness (QED) is 0.779. The van der Waals surface area contributed by atoms with E-state index in [4.69, 9.17) is 4.74 Å². The molecule has 0 fully saturated rings. The van der Waals surface area contributed by atoms with Gasteiger partial charge in [0.05, 0.1) is 16.8 Å². The van der Waals surface area contributed by atoms with E-state index < -0.39 is 10.8 Å². The second kappa shape index (κ2) is 6.68. The molecule has 1 aliphatic rings. The van der Waals surface area contributed by atoms with Gasteiger partial charge >= 0.3 is 0 Å². The Hall–Kier alpha value is -2.67. The number of benzene rings is 2. The number of aryl methyl sites for hydroxylation is 1. The number of carbonyl (C=O) groups is 1. The molecule has 2 heterocycles. The molecule has 0 aliphatic carbocycles. The molecule has 0 saturated carbocycles. The van der Waals surface area contributed by atoms with Gasteiger partial charge in [0.15, 0.2) is 6.61 Å². The molecule has 6 nitrogen and oxygen atoms in total. The first kappa shape index (κ1) is 15.8. The molecule has 25 heavy (non-hydrogen) atoms. The summed E-state index contributed by atoms with van der Waals surface area (Å²) in [7, 11) is -0.833. The van der Waals surface area contributed by atoms with Crippen molar-refractivity contribution in [2.75, 3.05) is 17.7 Å². The number of para-hydroxylation sites is 1. The number of amides is 1. The van der Waals surface area contributed by atoms with E-state index in [1.54, 1.807) is 12.1 Å². The monoisotopic (exact) mass is 355 g/mol. The Morgan fingerprint density at radius 2 is 2.08 bits per heavy atom. The van der Waals surface area contributed by atoms with Gasteiger partial charge in [-0.05, 0) is 30.3 Å². The molecule has 1 aliphatic heterocycles. The Labute approximate surface area is 147 Å². The molecule has 2 aromatic carbocycles. The Morgan fingerprint density at radius 3 is 2.92 bits per heavy atom. The van der Waals surface area contributed by atoms with Crippen LogP contribution in [0.4, 0.5) is 5.69 Å². The number of nitrogens with one attached hydrogen (secondary N) is 1. The van der Waals surface area contributed by atoms with Crippen LogP contribution in [0.5, 0.6) is 5.75 Å². The second-order valence-corrected chi connectivity index (χ2v) is 7.40. The number of imidazole rings is 1. The summed E-state index contributed by atoms with van der Waals surface area (Å²) in [6.07, 6.45) is 0. The van der Waals surface area contributed by atoms with Crippen LogP contribution in [0.25, 0.3) is 11.0 Å². The van der Waals surface area contributed by atoms with E-state index in [0.717, 1.165) is 23.4 Å². The molecule has 0 bridgehead atoms. The topological polar surface area (TPSA) is 73.2 Å². The third-order valence-electron chi connectivity index (χ3n) is 4.06. The van der Waals surface area contributed by atoms with Crippen LogP contribution >= 0.6 is 0 Å². The van der Waals surface area contributed by atoms with E-state index in [0.29, 0.717) is 22.9 Å². The molecule has 1 unspecified atom stereocenters. The SMILES string of the molecule is O=C(COc1ccccc1)Nc1ccc2c(c1)nc1n2CCS(=O)C1. The van der Waals surface area contributed by atoms with Gasteiger partial charge in [-0.15, -0.1) is 0 Å². The van der Waals surface area contributed by atoms with Gasteiger partial charge < -0.3 is 14.6 Å². The highest BCUT2D eigenvalue weighted by Gasteiger charge is 2.19. The van der Waals surface area contributed by atoms with Gasteiger partial charge in [-0.3, -0.25) is 9.00 Å². The number of hydrogen-bond acceptors (Lipinski definition) is 4. The van der Waals surface area contributed by atoms with E-state index in [2.05, 4.69) is 14.9 Å². The summed E-state index contributed by atoms with van der Waals surface area (Å²) in [5.74, 6) is 2.42. The molecule has 128 valence electrons. The van der Waals surface area contributed by atoms with Crippen LogP contribution < -0.4 is 10.1 Å². The number of ether oxygens (including phenoxy) is 1. The molecule has 0 saturated heterocycles. The van der Waals surface area contributed by atoms with Crippen LogP contribution in [0.1, 0.15) is 5.82 Å². The predicted octanol–water partition coefficient (Wildman–Crippen LogP) is 2.32. The van der Waals surface area contributed by atoms with Gasteiger partial charge in [0.25, 0.3) is 5.91 Å². The average Bonchev–Trinajstić information content (AvgIpc) is 2.97. The van der Waals surface area contributed by atoms with Gasteiger partial charge in [-0.2, -0.15) is 0 Å². The van der Waals surface area contributed by atoms with Gasteiger partial charge in [-0.25, -0.2) is 4.98 Å². The predicted molar refractivity (Wildman–Crippen MR) is 97.0 cm³/mol. The number of hydrogen-bond donors (Lipinski definition) is 1. The lowest BCUT2D eigenvalue weighted by Gasteiger charge is -2.13. The van der Waals surface area contributed by atoms with Gasteiger partial charge in [-0.1, -0.05) is 18.2 Å². The van der Waals surface area contributed by atoms with E-state index in [1.807, 2.05) is 36.4 Å². The first-order chi connectivity index (χ1) is 12.2. The molecule has 0 spiro atoms. The normalized spacial score (nSPS) is 16.4. The van der Waals surface area contributed by atoms with Crippen LogP contribution in [-0.2, 0) is 27.9 Å². The van der Waals surface area contributed by atoms with Crippen molar-refractivity contribution in [3.05, 3.63) is 54.4 Å². The van der Waals surface area contributed by atoms with Crippen molar-refractivity contribution in [3.8, 4) is 5.75 Å². The number of anilines is 1. The van der Waals surface area contributed by atoms with E-state index in [9.17, 15) is 9.00 Å². The molecular formula is C18H17N3O3S. The summed E-state index contributed by atoms with van der Waals surface area (Å²) in [5, 5.41) is 2.82. The van der Waals surface area contributed by atoms with E-state index in [-0.39, 0.29) is 12.5 Å². The number of fused-ring (bicyclic) bond motifs is 3. The van der Waals surface area contributed by atoms with Crippen molar-refractivity contribution in [1.29, 1.82) is 0 Å². The summed E-state index contributed by atoms with van der Waals surface area (Å²) < 4.78 is 19.2. The second-order valence-electron chi connectivity index (χ2n) is 5.82. The molecule has 1 N–H and O–H groups in total. The van der Waals surface area contributed by atoms with Crippen LogP contribution in [0.2, 0.25) is 0 Å². The van der Waals surface area contributed by atoms with Gasteiger partial charge in [0, 0.05) is 28.8 Å². The highest BCUT2D eigenvalue weighted by atomic mass is 32.2. The van der Waals surface area contributed by atoms with E-state index in [1.165, 1.54) is 0 Å². The highest BCUT2D eigenvalue weighted by Crippen LogP contribution is 2.23. The molecular weight excluding hydrogens is 338 g/mol. The Bertz CT molecular complexity index is 953. The summed E-state index contributed by atoms with van der Waals surface area (Å²) in [6.45, 7) is 0.662. The van der Waals surface area contributed by atoms with Crippen LogP contribution in [0, 0.1) is 0 Å². The summed E-state index contributed by atoms with van der Waals surface area (Å²) in [6, 6.07) is 14.8. The molecule has 7 heteroatoms. The zero-order valence-corrected chi connectivity index (χ0v) is 14.3. The lowest BCUT2D eigenvalue weighted by molar-refractivity contribution is -0.118. The third-order valence-corrected chi connectivity index (χ3v) is 5.27. The third kappa shape index (κ3) is 3.41. The first-order valence-corrected chi connectivity index (χ1v) is 9.50. The Kier molecular flexibility index (Phi) is 4.23. The van der Waals surface area contributed by atoms with Crippen molar-refractivity contribution in [3.63, 3.8) is 0 Å². The fourth-order valence-corrected chi connectivity index (χ4v) is 3.93. The minimum absolute atomic E-state index is 0.0548. The van der Waals surface area contributed by atoms with Crippen molar-refractivity contribution in [2.45, 2.75) is 12.3 Å². The van der Waals surface area contributed by atoms with Crippen molar-refractivity contribution < 1.29 is 13.7 Å². The van der Waals surface area contributed by atoms with Crippen LogP contribution in [-0.4, -0.2) is 32.0 Å². The molecule has 0 radical (unpaired) electrons. The molecule has 1 aromatic heterocycles. The van der Waals surface area contributed by atoms with Crippen LogP contribution in [0.15, 0.2) is 48.5 Å². The largest absolute Gasteiger partial charge is 0.484 e. The minimum Gasteiger partial charge on any atom is -0.484 e. The summed E-state index contributed by atoms with van der Waals surface area (Å²) in [4.78, 5) is 16.6. The molecule has 1 atom stereocenters.